The number of rotatable bonds is 1. The van der Waals surface area contributed by atoms with Crippen LogP contribution in [0.5, 0.6) is 5.75 Å². The first kappa shape index (κ1) is 11.3. The van der Waals surface area contributed by atoms with Gasteiger partial charge in [-0.2, -0.15) is 0 Å². The highest BCUT2D eigenvalue weighted by Gasteiger charge is 1.93. The molecule has 13 heavy (non-hydrogen) atoms. The molecule has 4 N–H and O–H groups in total. The first-order chi connectivity index (χ1) is 6.18. The third-order valence-electron chi connectivity index (χ3n) is 1.13. The molecule has 0 radical (unpaired) electrons. The highest BCUT2D eigenvalue weighted by atomic mass is 16.3. The lowest BCUT2D eigenvalue weighted by molar-refractivity contribution is 0.259. The highest BCUT2D eigenvalue weighted by molar-refractivity contribution is 5.87. The predicted molar refractivity (Wildman–Crippen MR) is 52.7 cm³/mol. The normalized spacial score (nSPS) is 8.15. The lowest BCUT2D eigenvalue weighted by Crippen LogP contribution is -2.18. The highest BCUT2D eigenvalue weighted by Crippen LogP contribution is 2.12. The lowest BCUT2D eigenvalue weighted by atomic mass is 10.3. The Bertz CT molecular complexity index is 257. The number of phenols is 1. The number of carbonyl (C=O) groups excluding carboxylic acids is 1. The van der Waals surface area contributed by atoms with E-state index in [0.29, 0.717) is 5.69 Å². The minimum Gasteiger partial charge on any atom is -0.508 e. The Balaban J connectivity index is 0.000000671. The average Bonchev–Trinajstić information content (AvgIpc) is 2.12. The van der Waals surface area contributed by atoms with Crippen LogP contribution < -0.4 is 11.1 Å². The van der Waals surface area contributed by atoms with Crippen LogP contribution in [0.2, 0.25) is 0 Å². The fourth-order valence-electron chi connectivity index (χ4n) is 0.687. The zero-order valence-corrected chi connectivity index (χ0v) is 7.74. The summed E-state index contributed by atoms with van der Waals surface area (Å²) < 4.78 is 0. The monoisotopic (exact) mass is 182 g/mol. The zero-order chi connectivity index (χ0) is 10.3. The van der Waals surface area contributed by atoms with Crippen LogP contribution >= 0.6 is 0 Å². The number of hydrogen-bond donors (Lipinski definition) is 3. The number of urea groups is 1. The van der Waals surface area contributed by atoms with Crippen LogP contribution in [0.3, 0.4) is 0 Å². The average molecular weight is 182 g/mol. The molecule has 0 aliphatic heterocycles. The van der Waals surface area contributed by atoms with Crippen LogP contribution in [0.25, 0.3) is 0 Å². The van der Waals surface area contributed by atoms with E-state index in [1.165, 1.54) is 12.1 Å². The number of nitrogens with one attached hydrogen (secondary N) is 1. The predicted octanol–water partition coefficient (Wildman–Crippen LogP) is 1.91. The summed E-state index contributed by atoms with van der Waals surface area (Å²) in [6.07, 6.45) is 0. The van der Waals surface area contributed by atoms with Gasteiger partial charge in [-0.05, 0) is 24.3 Å². The second kappa shape index (κ2) is 5.88. The first-order valence-corrected chi connectivity index (χ1v) is 4.04. The van der Waals surface area contributed by atoms with Crippen molar-refractivity contribution < 1.29 is 9.90 Å². The topological polar surface area (TPSA) is 75.4 Å². The number of aromatic hydroxyl groups is 1. The summed E-state index contributed by atoms with van der Waals surface area (Å²) in [6, 6.07) is 5.42. The van der Waals surface area contributed by atoms with Crippen molar-refractivity contribution in [3.8, 4) is 5.75 Å². The Morgan fingerprint density at radius 1 is 1.31 bits per heavy atom. The van der Waals surface area contributed by atoms with Gasteiger partial charge in [0.2, 0.25) is 0 Å². The second-order valence-electron chi connectivity index (χ2n) is 2.04. The number of carbonyl (C=O) groups is 1. The molecule has 0 fully saturated rings. The van der Waals surface area contributed by atoms with Gasteiger partial charge >= 0.3 is 6.03 Å². The third-order valence-corrected chi connectivity index (χ3v) is 1.13. The molecule has 0 bridgehead atoms. The Morgan fingerprint density at radius 2 is 1.77 bits per heavy atom. The van der Waals surface area contributed by atoms with Crippen LogP contribution in [-0.4, -0.2) is 11.1 Å². The Labute approximate surface area is 77.4 Å². The maximum atomic E-state index is 10.3. The van der Waals surface area contributed by atoms with Gasteiger partial charge < -0.3 is 16.2 Å². The molecule has 4 heteroatoms. The van der Waals surface area contributed by atoms with Crippen molar-refractivity contribution >= 4 is 11.7 Å². The molecule has 0 unspecified atom stereocenters. The molecule has 2 amide bonds. The lowest BCUT2D eigenvalue weighted by Gasteiger charge is -1.99. The molecule has 4 nitrogen and oxygen atoms in total. The van der Waals surface area contributed by atoms with Crippen LogP contribution in [-0.2, 0) is 0 Å². The number of benzene rings is 1. The summed E-state index contributed by atoms with van der Waals surface area (Å²) >= 11 is 0. The Kier molecular flexibility index (Phi) is 5.11. The maximum absolute atomic E-state index is 10.3. The van der Waals surface area contributed by atoms with Crippen LogP contribution in [0, 0.1) is 0 Å². The van der Waals surface area contributed by atoms with Crippen LogP contribution in [0.1, 0.15) is 13.8 Å². The standard InChI is InChI=1S/C7H8N2O2.C2H6/c8-7(11)9-5-1-3-6(10)4-2-5;1-2/h1-4,10H,(H3,8,9,11);1-2H3. The van der Waals surface area contributed by atoms with Gasteiger partial charge in [-0.15, -0.1) is 0 Å². The molecule has 0 aliphatic rings. The number of primary amides is 1. The van der Waals surface area contributed by atoms with E-state index >= 15 is 0 Å². The van der Waals surface area contributed by atoms with Gasteiger partial charge in [0.15, 0.2) is 0 Å². The smallest absolute Gasteiger partial charge is 0.316 e. The third kappa shape index (κ3) is 4.68. The Morgan fingerprint density at radius 3 is 2.15 bits per heavy atom. The molecule has 1 rings (SSSR count). The van der Waals surface area contributed by atoms with Gasteiger partial charge in [-0.1, -0.05) is 13.8 Å². The summed E-state index contributed by atoms with van der Waals surface area (Å²) in [7, 11) is 0. The minimum absolute atomic E-state index is 0.153. The van der Waals surface area contributed by atoms with E-state index in [-0.39, 0.29) is 5.75 Å². The van der Waals surface area contributed by atoms with Crippen molar-refractivity contribution in [2.45, 2.75) is 13.8 Å². The van der Waals surface area contributed by atoms with E-state index in [9.17, 15) is 4.79 Å². The fourth-order valence-corrected chi connectivity index (χ4v) is 0.687. The van der Waals surface area contributed by atoms with Gasteiger partial charge in [-0.25, -0.2) is 4.79 Å². The summed E-state index contributed by atoms with van der Waals surface area (Å²) in [5.74, 6) is 0.153. The quantitative estimate of drug-likeness (QED) is 0.580. The summed E-state index contributed by atoms with van der Waals surface area (Å²) in [6.45, 7) is 4.00. The summed E-state index contributed by atoms with van der Waals surface area (Å²) in [5, 5.41) is 11.2. The fraction of sp³-hybridized carbons (Fsp3) is 0.222. The maximum Gasteiger partial charge on any atom is 0.316 e. The molecule has 0 atom stereocenters. The van der Waals surface area contributed by atoms with Gasteiger partial charge in [0.25, 0.3) is 0 Å². The van der Waals surface area contributed by atoms with Crippen molar-refractivity contribution in [3.05, 3.63) is 24.3 Å². The zero-order valence-electron chi connectivity index (χ0n) is 7.74. The molecule has 0 aliphatic carbocycles. The minimum atomic E-state index is -0.615. The van der Waals surface area contributed by atoms with E-state index in [4.69, 9.17) is 10.8 Å². The van der Waals surface area contributed by atoms with E-state index < -0.39 is 6.03 Å². The number of anilines is 1. The SMILES string of the molecule is CC.NC(=O)Nc1ccc(O)cc1. The number of amides is 2. The van der Waals surface area contributed by atoms with Gasteiger partial charge in [0.05, 0.1) is 0 Å². The molecular weight excluding hydrogens is 168 g/mol. The summed E-state index contributed by atoms with van der Waals surface area (Å²) in [5.41, 5.74) is 5.42. The van der Waals surface area contributed by atoms with E-state index in [1.54, 1.807) is 12.1 Å². The van der Waals surface area contributed by atoms with E-state index in [0.717, 1.165) is 0 Å². The largest absolute Gasteiger partial charge is 0.508 e. The summed E-state index contributed by atoms with van der Waals surface area (Å²) in [4.78, 5) is 10.3. The van der Waals surface area contributed by atoms with Gasteiger partial charge in [-0.3, -0.25) is 0 Å². The Hall–Kier alpha value is -1.71. The molecule has 72 valence electrons. The van der Waals surface area contributed by atoms with Gasteiger partial charge in [0, 0.05) is 5.69 Å². The number of hydrogen-bond acceptors (Lipinski definition) is 2. The van der Waals surface area contributed by atoms with Crippen molar-refractivity contribution in [3.63, 3.8) is 0 Å². The van der Waals surface area contributed by atoms with Gasteiger partial charge in [0.1, 0.15) is 5.75 Å². The van der Waals surface area contributed by atoms with Crippen molar-refractivity contribution in [2.75, 3.05) is 5.32 Å². The second-order valence-corrected chi connectivity index (χ2v) is 2.04. The molecule has 0 aromatic heterocycles. The molecule has 1 aromatic carbocycles. The van der Waals surface area contributed by atoms with E-state index in [1.807, 2.05) is 13.8 Å². The number of phenolic OH excluding ortho intramolecular Hbond substituents is 1. The van der Waals surface area contributed by atoms with Crippen LogP contribution in [0.15, 0.2) is 24.3 Å². The molecule has 0 heterocycles. The first-order valence-electron chi connectivity index (χ1n) is 4.04. The molecule has 0 saturated heterocycles. The van der Waals surface area contributed by atoms with Crippen molar-refractivity contribution in [1.29, 1.82) is 0 Å². The van der Waals surface area contributed by atoms with E-state index in [2.05, 4.69) is 5.32 Å². The molecule has 1 aromatic rings. The molecular formula is C9H14N2O2. The van der Waals surface area contributed by atoms with Crippen molar-refractivity contribution in [2.24, 2.45) is 5.73 Å². The van der Waals surface area contributed by atoms with Crippen molar-refractivity contribution in [1.82, 2.24) is 0 Å². The molecule has 0 spiro atoms. The molecule has 0 saturated carbocycles. The van der Waals surface area contributed by atoms with Crippen LogP contribution in [0.4, 0.5) is 10.5 Å². The number of nitrogens with two attached hydrogens (primary N) is 1.